The number of fused-ring (bicyclic) bond motifs is 6. The number of carbonyl (C=O) groups is 3. The summed E-state index contributed by atoms with van der Waals surface area (Å²) in [6.07, 6.45) is 0. The molecule has 0 saturated carbocycles. The molecule has 7 heterocycles. The van der Waals surface area contributed by atoms with Gasteiger partial charge in [-0.05, 0) is 83.6 Å². The summed E-state index contributed by atoms with van der Waals surface area (Å²) in [5.74, 6) is 11.0. The zero-order chi connectivity index (χ0) is 51.5. The third-order valence-electron chi connectivity index (χ3n) is 11.7. The van der Waals surface area contributed by atoms with Crippen LogP contribution >= 0.6 is 22.7 Å². The molecule has 2 amide bonds. The number of thiophene rings is 2. The zero-order valence-corrected chi connectivity index (χ0v) is 47.5. The molecule has 22 heteroatoms. The first kappa shape index (κ1) is 59.6. The van der Waals surface area contributed by atoms with Gasteiger partial charge in [-0.25, -0.2) is 14.2 Å². The molecule has 7 aromatic rings. The maximum absolute atomic E-state index is 13.5. The van der Waals surface area contributed by atoms with E-state index in [2.05, 4.69) is 38.0 Å². The maximum Gasteiger partial charge on any atom is 0.384 e. The van der Waals surface area contributed by atoms with Crippen molar-refractivity contribution in [3.63, 3.8) is 0 Å². The number of nitrogens with two attached hydrogens (primary N) is 1. The number of hydrogen-bond acceptors (Lipinski definition) is 15. The summed E-state index contributed by atoms with van der Waals surface area (Å²) < 4.78 is 31.4. The molecule has 0 aliphatic carbocycles. The number of hydrazine groups is 1. The van der Waals surface area contributed by atoms with Crippen LogP contribution in [0.2, 0.25) is 0 Å². The SMILES string of the molecule is C.CNN.COC(=O)C#Cc1cc2c(cc1OC)OCc1c(C(=O)N(C)C(C)(C)C)nn(-c3ccsc3)c1-2.COc1cc2c(cc1-c1cc(=O)[nH][nH]1)-c1c(c(C(=O)N(C)C(C)(C)C)nn1-c1ccsc1)CO2.[CH3-].[W]. The third kappa shape index (κ3) is 12.0. The number of methoxy groups -OCH3 is 3. The van der Waals surface area contributed by atoms with Gasteiger partial charge in [-0.15, -0.1) is 0 Å². The number of aromatic nitrogens is 6. The molecule has 0 spiro atoms. The predicted molar refractivity (Wildman–Crippen MR) is 285 cm³/mol. The Morgan fingerprint density at radius 1 is 0.757 bits per heavy atom. The van der Waals surface area contributed by atoms with Crippen LogP contribution in [0, 0.1) is 19.3 Å². The van der Waals surface area contributed by atoms with Gasteiger partial charge in [0.15, 0.2) is 11.4 Å². The van der Waals surface area contributed by atoms with Crippen molar-refractivity contribution >= 4 is 40.5 Å². The number of aromatic amines is 2. The quantitative estimate of drug-likeness (QED) is 0.0389. The van der Waals surface area contributed by atoms with Gasteiger partial charge in [0.05, 0.1) is 55.3 Å². The fourth-order valence-electron chi connectivity index (χ4n) is 7.45. The Morgan fingerprint density at radius 3 is 1.61 bits per heavy atom. The molecule has 9 rings (SSSR count). The minimum Gasteiger partial charge on any atom is -0.496 e. The number of nitrogens with one attached hydrogen (secondary N) is 3. The molecule has 0 fully saturated rings. The van der Waals surface area contributed by atoms with Crippen LogP contribution in [0.25, 0.3) is 45.1 Å². The van der Waals surface area contributed by atoms with E-state index in [0.717, 1.165) is 33.9 Å². The fourth-order valence-corrected chi connectivity index (χ4v) is 8.68. The van der Waals surface area contributed by atoms with Crippen molar-refractivity contribution in [1.29, 1.82) is 0 Å². The fraction of sp³-hybridized carbons (Fsp3) is 0.327. The van der Waals surface area contributed by atoms with Crippen molar-refractivity contribution in [3.05, 3.63) is 110 Å². The Bertz CT molecular complexity index is 3220. The number of esters is 1. The normalized spacial score (nSPS) is 11.5. The maximum atomic E-state index is 13.5. The second kappa shape index (κ2) is 24.4. The van der Waals surface area contributed by atoms with Crippen LogP contribution in [0.1, 0.15) is 86.6 Å². The number of hydrogen-bond donors (Lipinski definition) is 4. The standard InChI is InChI=1S/C25H25N3O5S.C24H25N5O4S.CH6N2.CH4.CH3.W/c1-25(2,3)27(4)24(30)22-18-13-33-20-12-19(31-5)15(7-8-21(29)32-6)11-17(20)23(18)28(26-22)16-9-10-34-14-16;1-24(2,3)28(4)23(31)21-16-11-33-19-10-18(32-5)14(17-9-20(30)26-25-17)8-15(19)22(16)29(27-21)13-6-7-34-12-13;1-3-2;;;/h9-12,14H,13H2,1-6H3;6-10,12H,11H2,1-5H3,(H2,25,26,30);3H,2H2,1H3;1H4;1H3;/q;;;;-1;. The van der Waals surface area contributed by atoms with Gasteiger partial charge < -0.3 is 40.9 Å². The topological polar surface area (TPSA) is 226 Å². The molecule has 0 saturated heterocycles. The average Bonchev–Trinajstić information content (AvgIpc) is 4.22. The van der Waals surface area contributed by atoms with E-state index in [1.807, 2.05) is 81.3 Å². The molecule has 0 atom stereocenters. The van der Waals surface area contributed by atoms with Gasteiger partial charge in [0.2, 0.25) is 0 Å². The van der Waals surface area contributed by atoms with E-state index < -0.39 is 5.97 Å². The summed E-state index contributed by atoms with van der Waals surface area (Å²) in [5, 5.41) is 22.8. The Kier molecular flexibility index (Phi) is 19.6. The van der Waals surface area contributed by atoms with Crippen molar-refractivity contribution in [2.75, 3.05) is 42.5 Å². The van der Waals surface area contributed by atoms with E-state index in [9.17, 15) is 19.2 Å². The number of carbonyl (C=O) groups excluding carboxylic acids is 3. The smallest absolute Gasteiger partial charge is 0.384 e. The molecule has 394 valence electrons. The Morgan fingerprint density at radius 2 is 1.22 bits per heavy atom. The van der Waals surface area contributed by atoms with Crippen LogP contribution in [-0.4, -0.2) is 111 Å². The number of amides is 2. The van der Waals surface area contributed by atoms with Gasteiger partial charge >= 0.3 is 5.97 Å². The van der Waals surface area contributed by atoms with Crippen LogP contribution in [0.5, 0.6) is 23.0 Å². The van der Waals surface area contributed by atoms with E-state index in [4.69, 9.17) is 29.1 Å². The molecule has 0 unspecified atom stereocenters. The Balaban J connectivity index is 0.000000293. The first-order valence-corrected chi connectivity index (χ1v) is 24.0. The molecule has 0 bridgehead atoms. The van der Waals surface area contributed by atoms with Crippen molar-refractivity contribution < 1.29 is 59.1 Å². The van der Waals surface area contributed by atoms with Crippen molar-refractivity contribution in [3.8, 4) is 80.0 Å². The summed E-state index contributed by atoms with van der Waals surface area (Å²) in [7, 11) is 9.56. The summed E-state index contributed by atoms with van der Waals surface area (Å²) >= 11 is 3.09. The van der Waals surface area contributed by atoms with E-state index in [1.165, 1.54) is 31.6 Å². The number of H-pyrrole nitrogens is 2. The molecule has 0 radical (unpaired) electrons. The molecule has 74 heavy (non-hydrogen) atoms. The second-order valence-electron chi connectivity index (χ2n) is 18.1. The van der Waals surface area contributed by atoms with Crippen LogP contribution in [0.3, 0.4) is 0 Å². The molecular formula is C52H63N10O9S2W-. The first-order valence-electron chi connectivity index (χ1n) is 22.1. The van der Waals surface area contributed by atoms with E-state index in [1.54, 1.807) is 77.0 Å². The summed E-state index contributed by atoms with van der Waals surface area (Å²) in [4.78, 5) is 53.6. The van der Waals surface area contributed by atoms with Crippen LogP contribution in [0.15, 0.2) is 68.8 Å². The van der Waals surface area contributed by atoms with Crippen LogP contribution < -0.4 is 35.8 Å². The van der Waals surface area contributed by atoms with Crippen molar-refractivity contribution in [2.24, 2.45) is 5.84 Å². The Hall–Kier alpha value is -6.95. The minimum atomic E-state index is -0.655. The average molecular weight is 1220 g/mol. The van der Waals surface area contributed by atoms with Gasteiger partial charge in [0.25, 0.3) is 17.4 Å². The molecule has 2 aromatic carbocycles. The number of nitrogens with zero attached hydrogens (tertiary/aromatic N) is 6. The van der Waals surface area contributed by atoms with Crippen LogP contribution in [-0.2, 0) is 43.8 Å². The molecule has 2 aliphatic heterocycles. The van der Waals surface area contributed by atoms with Gasteiger partial charge in [0, 0.05) is 109 Å². The van der Waals surface area contributed by atoms with E-state index >= 15 is 0 Å². The van der Waals surface area contributed by atoms with Gasteiger partial charge in [0.1, 0.15) is 36.2 Å². The molecule has 5 N–H and O–H groups in total. The Labute approximate surface area is 453 Å². The molecule has 2 aliphatic rings. The molecule has 19 nitrogen and oxygen atoms in total. The number of ether oxygens (including phenoxy) is 5. The summed E-state index contributed by atoms with van der Waals surface area (Å²) in [6, 6.07) is 12.6. The van der Waals surface area contributed by atoms with Crippen molar-refractivity contribution in [1.82, 2.24) is 45.0 Å². The van der Waals surface area contributed by atoms with E-state index in [0.29, 0.717) is 62.3 Å². The monoisotopic (exact) mass is 1220 g/mol. The van der Waals surface area contributed by atoms with Gasteiger partial charge in [-0.1, -0.05) is 13.3 Å². The second-order valence-corrected chi connectivity index (χ2v) is 19.6. The number of rotatable bonds is 7. The molecule has 5 aromatic heterocycles. The predicted octanol–water partition coefficient (Wildman–Crippen LogP) is 8.12. The first-order chi connectivity index (χ1) is 33.7. The van der Waals surface area contributed by atoms with Gasteiger partial charge in [-0.3, -0.25) is 35.8 Å². The third-order valence-corrected chi connectivity index (χ3v) is 13.1. The van der Waals surface area contributed by atoms with E-state index in [-0.39, 0.29) is 77.6 Å². The largest absolute Gasteiger partial charge is 0.496 e. The van der Waals surface area contributed by atoms with Gasteiger partial charge in [-0.2, -0.15) is 32.9 Å². The minimum absolute atomic E-state index is 0. The summed E-state index contributed by atoms with van der Waals surface area (Å²) in [6.45, 7) is 12.2. The van der Waals surface area contributed by atoms with Crippen molar-refractivity contribution in [2.45, 2.75) is 73.3 Å². The summed E-state index contributed by atoms with van der Waals surface area (Å²) in [5.41, 5.74) is 9.81. The van der Waals surface area contributed by atoms with Crippen LogP contribution in [0.4, 0.5) is 0 Å². The number of benzene rings is 2. The molecular weight excluding hydrogens is 1160 g/mol. The zero-order valence-electron chi connectivity index (χ0n) is 42.9.